The van der Waals surface area contributed by atoms with Crippen molar-refractivity contribution in [2.24, 2.45) is 0 Å². The van der Waals surface area contributed by atoms with E-state index < -0.39 is 24.0 Å². The van der Waals surface area contributed by atoms with Crippen LogP contribution in [0.25, 0.3) is 0 Å². The number of rotatable bonds is 6. The molecule has 1 rings (SSSR count). The third kappa shape index (κ3) is 5.17. The quantitative estimate of drug-likeness (QED) is 0.760. The Labute approximate surface area is 134 Å². The Balaban J connectivity index is 2.71. The second kappa shape index (κ2) is 8.62. The normalized spacial score (nSPS) is 11.1. The highest BCUT2D eigenvalue weighted by Crippen LogP contribution is 2.27. The number of urea groups is 1. The van der Waals surface area contributed by atoms with Crippen LogP contribution in [0.5, 0.6) is 11.5 Å². The fourth-order valence-corrected chi connectivity index (χ4v) is 1.66. The molecule has 2 N–H and O–H groups in total. The van der Waals surface area contributed by atoms with E-state index in [1.165, 1.54) is 33.3 Å². The predicted octanol–water partition coefficient (Wildman–Crippen LogP) is 1.09. The van der Waals surface area contributed by atoms with Crippen molar-refractivity contribution in [2.75, 3.05) is 20.8 Å². The van der Waals surface area contributed by atoms with E-state index in [-0.39, 0.29) is 5.56 Å². The second-order valence-electron chi connectivity index (χ2n) is 4.47. The van der Waals surface area contributed by atoms with Gasteiger partial charge < -0.3 is 19.5 Å². The maximum Gasteiger partial charge on any atom is 0.339 e. The average molecular weight is 324 g/mol. The van der Waals surface area contributed by atoms with Crippen molar-refractivity contribution in [1.29, 1.82) is 0 Å². The maximum atomic E-state index is 12.0. The molecule has 0 fully saturated rings. The van der Waals surface area contributed by atoms with E-state index in [1.54, 1.807) is 13.0 Å². The fraction of sp³-hybridized carbons (Fsp3) is 0.400. The van der Waals surface area contributed by atoms with Crippen molar-refractivity contribution in [1.82, 2.24) is 10.6 Å². The average Bonchev–Trinajstić information content (AvgIpc) is 2.53. The van der Waals surface area contributed by atoms with E-state index in [9.17, 15) is 14.4 Å². The molecule has 1 atom stereocenters. The summed E-state index contributed by atoms with van der Waals surface area (Å²) in [6.07, 6.45) is -1.13. The smallest absolute Gasteiger partial charge is 0.339 e. The number of amides is 3. The molecule has 0 saturated carbocycles. The van der Waals surface area contributed by atoms with Crippen LogP contribution in [0.2, 0.25) is 0 Å². The summed E-state index contributed by atoms with van der Waals surface area (Å²) in [5.41, 5.74) is 0.195. The van der Waals surface area contributed by atoms with Crippen LogP contribution in [0.4, 0.5) is 4.79 Å². The van der Waals surface area contributed by atoms with Crippen LogP contribution in [0, 0.1) is 0 Å². The van der Waals surface area contributed by atoms with Gasteiger partial charge in [0.15, 0.2) is 17.6 Å². The van der Waals surface area contributed by atoms with Gasteiger partial charge in [-0.1, -0.05) is 0 Å². The summed E-state index contributed by atoms with van der Waals surface area (Å²) in [5, 5.41) is 4.47. The molecule has 3 amide bonds. The molecule has 0 bridgehead atoms. The van der Waals surface area contributed by atoms with E-state index in [4.69, 9.17) is 14.2 Å². The monoisotopic (exact) mass is 324 g/mol. The van der Waals surface area contributed by atoms with Gasteiger partial charge in [-0.25, -0.2) is 9.59 Å². The molecule has 8 heteroatoms. The molecule has 0 radical (unpaired) electrons. The van der Waals surface area contributed by atoms with Crippen LogP contribution in [-0.4, -0.2) is 44.8 Å². The lowest BCUT2D eigenvalue weighted by atomic mass is 10.2. The lowest BCUT2D eigenvalue weighted by molar-refractivity contribution is -0.127. The first kappa shape index (κ1) is 18.3. The second-order valence-corrected chi connectivity index (χ2v) is 4.47. The van der Waals surface area contributed by atoms with Crippen LogP contribution in [0.1, 0.15) is 24.2 Å². The van der Waals surface area contributed by atoms with Gasteiger partial charge in [0.1, 0.15) is 0 Å². The summed E-state index contributed by atoms with van der Waals surface area (Å²) in [6.45, 7) is 3.46. The molecule has 0 aliphatic carbocycles. The standard InChI is InChI=1S/C15H20N2O6/c1-5-16-15(20)17-13(18)9(2)23-14(19)10-6-7-11(21-3)12(8-10)22-4/h6-9H,5H2,1-4H3,(H2,16,17,18,20). The number of methoxy groups -OCH3 is 2. The lowest BCUT2D eigenvalue weighted by Crippen LogP contribution is -2.44. The minimum absolute atomic E-state index is 0.195. The number of nitrogens with one attached hydrogen (secondary N) is 2. The van der Waals surface area contributed by atoms with Crippen LogP contribution in [-0.2, 0) is 9.53 Å². The van der Waals surface area contributed by atoms with Gasteiger partial charge >= 0.3 is 12.0 Å². The first-order valence-electron chi connectivity index (χ1n) is 6.94. The number of hydrogen-bond donors (Lipinski definition) is 2. The van der Waals surface area contributed by atoms with E-state index in [1.807, 2.05) is 0 Å². The summed E-state index contributed by atoms with van der Waals surface area (Å²) in [6, 6.07) is 3.83. The van der Waals surface area contributed by atoms with Gasteiger partial charge in [0.25, 0.3) is 5.91 Å². The number of ether oxygens (including phenoxy) is 3. The molecular formula is C15H20N2O6. The van der Waals surface area contributed by atoms with Gasteiger partial charge in [-0.3, -0.25) is 10.1 Å². The molecule has 1 aromatic rings. The molecule has 23 heavy (non-hydrogen) atoms. The van der Waals surface area contributed by atoms with E-state index >= 15 is 0 Å². The molecule has 0 spiro atoms. The first-order chi connectivity index (χ1) is 10.9. The molecule has 0 aliphatic rings. The Hall–Kier alpha value is -2.77. The minimum atomic E-state index is -1.13. The Morgan fingerprint density at radius 3 is 2.35 bits per heavy atom. The number of esters is 1. The topological polar surface area (TPSA) is 103 Å². The van der Waals surface area contributed by atoms with E-state index in [0.29, 0.717) is 18.0 Å². The Kier molecular flexibility index (Phi) is 6.85. The van der Waals surface area contributed by atoms with Crippen LogP contribution >= 0.6 is 0 Å². The van der Waals surface area contributed by atoms with Crippen molar-refractivity contribution in [3.8, 4) is 11.5 Å². The molecular weight excluding hydrogens is 304 g/mol. The highest BCUT2D eigenvalue weighted by Gasteiger charge is 2.21. The zero-order valence-electron chi connectivity index (χ0n) is 13.5. The van der Waals surface area contributed by atoms with E-state index in [2.05, 4.69) is 10.6 Å². The summed E-state index contributed by atoms with van der Waals surface area (Å²) in [4.78, 5) is 35.0. The van der Waals surface area contributed by atoms with Gasteiger partial charge in [0, 0.05) is 6.54 Å². The van der Waals surface area contributed by atoms with Gasteiger partial charge in [-0.2, -0.15) is 0 Å². The number of imide groups is 1. The molecule has 0 aliphatic heterocycles. The van der Waals surface area contributed by atoms with Crippen molar-refractivity contribution in [2.45, 2.75) is 20.0 Å². The largest absolute Gasteiger partial charge is 0.493 e. The summed E-state index contributed by atoms with van der Waals surface area (Å²) >= 11 is 0. The molecule has 1 unspecified atom stereocenters. The van der Waals surface area contributed by atoms with Gasteiger partial charge in [0.2, 0.25) is 0 Å². The number of carbonyl (C=O) groups excluding carboxylic acids is 3. The highest BCUT2D eigenvalue weighted by atomic mass is 16.5. The third-order valence-electron chi connectivity index (χ3n) is 2.85. The summed E-state index contributed by atoms with van der Waals surface area (Å²) in [7, 11) is 2.92. The zero-order chi connectivity index (χ0) is 17.4. The Morgan fingerprint density at radius 2 is 1.78 bits per heavy atom. The van der Waals surface area contributed by atoms with Crippen LogP contribution in [0.3, 0.4) is 0 Å². The SMILES string of the molecule is CCNC(=O)NC(=O)C(C)OC(=O)c1ccc(OC)c(OC)c1. The zero-order valence-corrected chi connectivity index (χ0v) is 13.5. The van der Waals surface area contributed by atoms with Gasteiger partial charge in [-0.05, 0) is 32.0 Å². The van der Waals surface area contributed by atoms with Gasteiger partial charge in [-0.15, -0.1) is 0 Å². The molecule has 126 valence electrons. The van der Waals surface area contributed by atoms with Gasteiger partial charge in [0.05, 0.1) is 19.8 Å². The van der Waals surface area contributed by atoms with Crippen molar-refractivity contribution >= 4 is 17.9 Å². The minimum Gasteiger partial charge on any atom is -0.493 e. The van der Waals surface area contributed by atoms with Crippen molar-refractivity contribution < 1.29 is 28.6 Å². The molecule has 1 aromatic carbocycles. The van der Waals surface area contributed by atoms with E-state index in [0.717, 1.165) is 0 Å². The number of hydrogen-bond acceptors (Lipinski definition) is 6. The van der Waals surface area contributed by atoms with Crippen LogP contribution in [0.15, 0.2) is 18.2 Å². The highest BCUT2D eigenvalue weighted by molar-refractivity contribution is 5.98. The number of benzene rings is 1. The fourth-order valence-electron chi connectivity index (χ4n) is 1.66. The molecule has 0 saturated heterocycles. The molecule has 0 aromatic heterocycles. The lowest BCUT2D eigenvalue weighted by Gasteiger charge is -2.14. The molecule has 0 heterocycles. The summed E-state index contributed by atoms with van der Waals surface area (Å²) in [5.74, 6) is -0.610. The predicted molar refractivity (Wildman–Crippen MR) is 81.6 cm³/mol. The molecule has 8 nitrogen and oxygen atoms in total. The van der Waals surface area contributed by atoms with Crippen molar-refractivity contribution in [3.05, 3.63) is 23.8 Å². The third-order valence-corrected chi connectivity index (χ3v) is 2.85. The first-order valence-corrected chi connectivity index (χ1v) is 6.94. The van der Waals surface area contributed by atoms with Crippen molar-refractivity contribution in [3.63, 3.8) is 0 Å². The summed E-state index contributed by atoms with van der Waals surface area (Å²) < 4.78 is 15.2. The number of carbonyl (C=O) groups is 3. The Bertz CT molecular complexity index is 587. The van der Waals surface area contributed by atoms with Crippen LogP contribution < -0.4 is 20.1 Å². The Morgan fingerprint density at radius 1 is 1.13 bits per heavy atom. The maximum absolute atomic E-state index is 12.0.